The van der Waals surface area contributed by atoms with Gasteiger partial charge in [-0.15, -0.1) is 0 Å². The van der Waals surface area contributed by atoms with Crippen LogP contribution >= 0.6 is 0 Å². The van der Waals surface area contributed by atoms with Gasteiger partial charge >= 0.3 is 0 Å². The number of aryl methyl sites for hydroxylation is 1. The van der Waals surface area contributed by atoms with Crippen LogP contribution in [0.25, 0.3) is 11.1 Å². The van der Waals surface area contributed by atoms with Gasteiger partial charge in [-0.1, -0.05) is 13.3 Å². The van der Waals surface area contributed by atoms with E-state index in [1.54, 1.807) is 0 Å². The summed E-state index contributed by atoms with van der Waals surface area (Å²) in [4.78, 5) is 25.6. The van der Waals surface area contributed by atoms with Crippen molar-refractivity contribution in [3.05, 3.63) is 41.2 Å². The lowest BCUT2D eigenvalue weighted by Crippen LogP contribution is -2.30. The Morgan fingerprint density at radius 3 is 2.64 bits per heavy atom. The van der Waals surface area contributed by atoms with Crippen LogP contribution in [0.5, 0.6) is 0 Å². The van der Waals surface area contributed by atoms with Crippen molar-refractivity contribution in [1.82, 2.24) is 9.88 Å². The minimum atomic E-state index is -0.405. The maximum atomic E-state index is 12.3. The van der Waals surface area contributed by atoms with Crippen molar-refractivity contribution in [2.45, 2.75) is 26.2 Å². The van der Waals surface area contributed by atoms with Crippen molar-refractivity contribution < 1.29 is 4.79 Å². The highest BCUT2D eigenvalue weighted by Crippen LogP contribution is 2.42. The van der Waals surface area contributed by atoms with Gasteiger partial charge in [0, 0.05) is 56.3 Å². The fraction of sp³-hybridized carbons (Fsp3) is 0.409. The Kier molecular flexibility index (Phi) is 6.09. The number of pyridine rings is 1. The maximum Gasteiger partial charge on any atom is 0.251 e. The number of aliphatic imine (C=N–C) groups is 1. The zero-order chi connectivity index (χ0) is 20.3. The summed E-state index contributed by atoms with van der Waals surface area (Å²) >= 11 is 0. The smallest absolute Gasteiger partial charge is 0.251 e. The minimum Gasteiger partial charge on any atom is -0.373 e. The first-order valence-corrected chi connectivity index (χ1v) is 9.74. The number of likely N-dealkylation sites (N-methyl/N-ethyl adjacent to an activating group) is 2. The number of hydrogen-bond donors (Lipinski definition) is 1. The van der Waals surface area contributed by atoms with E-state index in [2.05, 4.69) is 32.8 Å². The Labute approximate surface area is 167 Å². The minimum absolute atomic E-state index is 0.405. The molecule has 3 rings (SSSR count). The fourth-order valence-corrected chi connectivity index (χ4v) is 3.61. The highest BCUT2D eigenvalue weighted by molar-refractivity contribution is 6.06. The quantitative estimate of drug-likeness (QED) is 0.765. The van der Waals surface area contributed by atoms with Gasteiger partial charge in [0.1, 0.15) is 0 Å². The molecule has 0 unspecified atom stereocenters. The van der Waals surface area contributed by atoms with Crippen molar-refractivity contribution in [3.63, 3.8) is 0 Å². The number of carbonyl (C=O) groups excluding carboxylic acids is 1. The van der Waals surface area contributed by atoms with Crippen LogP contribution < -0.4 is 10.6 Å². The Balaban J connectivity index is 2.14. The van der Waals surface area contributed by atoms with Gasteiger partial charge in [0.05, 0.1) is 16.9 Å². The number of carbonyl (C=O) groups is 1. The molecule has 6 nitrogen and oxygen atoms in total. The van der Waals surface area contributed by atoms with Gasteiger partial charge in [-0.25, -0.2) is 0 Å². The summed E-state index contributed by atoms with van der Waals surface area (Å²) in [5.74, 6) is -0.405. The van der Waals surface area contributed by atoms with Crippen LogP contribution in [0, 0.1) is 0 Å². The largest absolute Gasteiger partial charge is 0.373 e. The van der Waals surface area contributed by atoms with Gasteiger partial charge in [-0.3, -0.25) is 14.8 Å². The number of rotatable bonds is 8. The zero-order valence-electron chi connectivity index (χ0n) is 17.2. The molecule has 2 aromatic rings. The Morgan fingerprint density at radius 2 is 1.96 bits per heavy atom. The molecule has 1 aliphatic heterocycles. The second-order valence-corrected chi connectivity index (χ2v) is 7.58. The third-order valence-corrected chi connectivity index (χ3v) is 5.08. The van der Waals surface area contributed by atoms with Gasteiger partial charge in [0.15, 0.2) is 0 Å². The third kappa shape index (κ3) is 4.07. The summed E-state index contributed by atoms with van der Waals surface area (Å²) in [5.41, 5.74) is 12.2. The van der Waals surface area contributed by atoms with Crippen LogP contribution in [-0.2, 0) is 12.8 Å². The van der Waals surface area contributed by atoms with Crippen molar-refractivity contribution in [3.8, 4) is 11.1 Å². The van der Waals surface area contributed by atoms with E-state index in [0.717, 1.165) is 54.0 Å². The molecule has 0 radical (unpaired) electrons. The van der Waals surface area contributed by atoms with Gasteiger partial charge in [-0.05, 0) is 43.8 Å². The molecular weight excluding hydrogens is 350 g/mol. The summed E-state index contributed by atoms with van der Waals surface area (Å²) < 4.78 is 0. The standard InChI is InChI=1S/C22H29N5O/c1-5-6-15-11-16(14-24-13-15)18-12-19(27(4)10-9-26(2)3)20(22(23)28)17-7-8-25-21(17)18/h8,11-14H,5-7,9-10H2,1-4H3,(H2,23,28). The monoisotopic (exact) mass is 379 g/mol. The summed E-state index contributed by atoms with van der Waals surface area (Å²) in [6.07, 6.45) is 8.32. The molecule has 0 aliphatic carbocycles. The van der Waals surface area contributed by atoms with Crippen LogP contribution in [0.15, 0.2) is 29.5 Å². The average molecular weight is 380 g/mol. The normalized spacial score (nSPS) is 12.5. The van der Waals surface area contributed by atoms with Crippen LogP contribution in [0.1, 0.15) is 34.8 Å². The number of amides is 1. The van der Waals surface area contributed by atoms with E-state index in [4.69, 9.17) is 5.73 Å². The average Bonchev–Trinajstić information content (AvgIpc) is 3.14. The predicted molar refractivity (Wildman–Crippen MR) is 116 cm³/mol. The molecule has 0 spiro atoms. The predicted octanol–water partition coefficient (Wildman–Crippen LogP) is 3.06. The third-order valence-electron chi connectivity index (χ3n) is 5.08. The highest BCUT2D eigenvalue weighted by Gasteiger charge is 2.25. The van der Waals surface area contributed by atoms with Crippen LogP contribution in [-0.4, -0.2) is 56.2 Å². The van der Waals surface area contributed by atoms with Gasteiger partial charge in [0.25, 0.3) is 5.91 Å². The number of nitrogens with zero attached hydrogens (tertiary/aromatic N) is 4. The second kappa shape index (κ2) is 8.52. The molecular formula is C22H29N5O. The van der Waals surface area contributed by atoms with Gasteiger partial charge < -0.3 is 15.5 Å². The van der Waals surface area contributed by atoms with Crippen molar-refractivity contribution in [2.24, 2.45) is 10.7 Å². The van der Waals surface area contributed by atoms with E-state index in [1.807, 2.05) is 45.8 Å². The van der Waals surface area contributed by atoms with E-state index in [9.17, 15) is 4.79 Å². The first-order chi connectivity index (χ1) is 13.4. The molecule has 0 saturated carbocycles. The van der Waals surface area contributed by atoms with Crippen LogP contribution in [0.2, 0.25) is 0 Å². The number of fused-ring (bicyclic) bond motifs is 1. The molecule has 1 aromatic carbocycles. The van der Waals surface area contributed by atoms with Crippen molar-refractivity contribution >= 4 is 23.5 Å². The maximum absolute atomic E-state index is 12.3. The fourth-order valence-electron chi connectivity index (χ4n) is 3.61. The molecule has 148 valence electrons. The number of aromatic nitrogens is 1. The molecule has 1 aliphatic rings. The molecule has 0 bridgehead atoms. The van der Waals surface area contributed by atoms with E-state index >= 15 is 0 Å². The molecule has 28 heavy (non-hydrogen) atoms. The summed E-state index contributed by atoms with van der Waals surface area (Å²) in [5, 5.41) is 0. The Morgan fingerprint density at radius 1 is 1.18 bits per heavy atom. The number of nitrogens with two attached hydrogens (primary N) is 1. The lowest BCUT2D eigenvalue weighted by atomic mass is 9.93. The SMILES string of the molecule is CCCc1cncc(-c2cc(N(C)CCN(C)C)c(C(N)=O)c3c2N=CC3)c1. The molecule has 2 heterocycles. The Bertz CT molecular complexity index is 904. The van der Waals surface area contributed by atoms with Crippen molar-refractivity contribution in [1.29, 1.82) is 0 Å². The van der Waals surface area contributed by atoms with Crippen molar-refractivity contribution in [2.75, 3.05) is 39.1 Å². The molecule has 6 heteroatoms. The molecule has 0 atom stereocenters. The number of benzene rings is 1. The summed E-state index contributed by atoms with van der Waals surface area (Å²) in [6, 6.07) is 4.22. The first-order valence-electron chi connectivity index (χ1n) is 9.74. The zero-order valence-corrected chi connectivity index (χ0v) is 17.2. The number of hydrogen-bond acceptors (Lipinski definition) is 5. The lowest BCUT2D eigenvalue weighted by molar-refractivity contribution is 0.1000. The molecule has 1 amide bonds. The van der Waals surface area contributed by atoms with Gasteiger partial charge in [0.2, 0.25) is 0 Å². The molecule has 1 aromatic heterocycles. The topological polar surface area (TPSA) is 74.8 Å². The molecule has 0 saturated heterocycles. The number of anilines is 1. The first kappa shape index (κ1) is 20.0. The summed E-state index contributed by atoms with van der Waals surface area (Å²) in [6.45, 7) is 3.83. The second-order valence-electron chi connectivity index (χ2n) is 7.58. The Hall–Kier alpha value is -2.73. The van der Waals surface area contributed by atoms with E-state index in [1.165, 1.54) is 5.56 Å². The van der Waals surface area contributed by atoms with Crippen LogP contribution in [0.4, 0.5) is 11.4 Å². The molecule has 2 N–H and O–H groups in total. The van der Waals surface area contributed by atoms with E-state index in [0.29, 0.717) is 12.0 Å². The number of primary amides is 1. The van der Waals surface area contributed by atoms with Crippen LogP contribution in [0.3, 0.4) is 0 Å². The van der Waals surface area contributed by atoms with E-state index < -0.39 is 5.91 Å². The van der Waals surface area contributed by atoms with Gasteiger partial charge in [-0.2, -0.15) is 0 Å². The van der Waals surface area contributed by atoms with E-state index in [-0.39, 0.29) is 0 Å². The summed E-state index contributed by atoms with van der Waals surface area (Å²) in [7, 11) is 6.08. The lowest BCUT2D eigenvalue weighted by Gasteiger charge is -2.26. The highest BCUT2D eigenvalue weighted by atomic mass is 16.1. The molecule has 0 fully saturated rings.